The molecule has 0 aromatic rings. The van der Waals surface area contributed by atoms with Crippen molar-refractivity contribution < 1.29 is 52.4 Å². The third-order valence-electron chi connectivity index (χ3n) is 3.36. The standard InChI is InChI=1S/C23H43NO11/c1-19(25)18-32-15-14-30-11-10-28-8-9-29-12-13-31-16-17-33-24(20(26)34-22(2,3)4)21(27)35-23(5,6)7/h8-18H2,1-7H3. The zero-order valence-corrected chi connectivity index (χ0v) is 22.2. The molecule has 12 nitrogen and oxygen atoms in total. The van der Waals surface area contributed by atoms with Crippen LogP contribution in [0, 0.1) is 0 Å². The van der Waals surface area contributed by atoms with Gasteiger partial charge in [-0.15, -0.1) is 0 Å². The van der Waals surface area contributed by atoms with Gasteiger partial charge in [0.15, 0.2) is 5.78 Å². The molecule has 0 saturated carbocycles. The van der Waals surface area contributed by atoms with Gasteiger partial charge in [0, 0.05) is 0 Å². The summed E-state index contributed by atoms with van der Waals surface area (Å²) in [6.07, 6.45) is -1.94. The number of nitrogens with zero attached hydrogens (tertiary/aromatic N) is 1. The predicted octanol–water partition coefficient (Wildman–Crippen LogP) is 2.76. The number of ketones is 1. The van der Waals surface area contributed by atoms with E-state index in [1.165, 1.54) is 6.92 Å². The highest BCUT2D eigenvalue weighted by Crippen LogP contribution is 2.14. The highest BCUT2D eigenvalue weighted by atomic mass is 16.8. The molecule has 0 heterocycles. The first-order valence-corrected chi connectivity index (χ1v) is 11.6. The van der Waals surface area contributed by atoms with Gasteiger partial charge < -0.3 is 33.2 Å². The van der Waals surface area contributed by atoms with E-state index in [-0.39, 0.29) is 25.6 Å². The van der Waals surface area contributed by atoms with Crippen LogP contribution in [0.5, 0.6) is 0 Å². The minimum atomic E-state index is -0.971. The molecule has 0 unspecified atom stereocenters. The minimum absolute atomic E-state index is 0.0184. The molecule has 0 N–H and O–H groups in total. The third kappa shape index (κ3) is 22.4. The monoisotopic (exact) mass is 509 g/mol. The second-order valence-electron chi connectivity index (χ2n) is 9.29. The fraction of sp³-hybridized carbons (Fsp3) is 0.870. The molecule has 0 spiro atoms. The van der Waals surface area contributed by atoms with Crippen LogP contribution < -0.4 is 0 Å². The van der Waals surface area contributed by atoms with Crippen LogP contribution in [-0.4, -0.2) is 107 Å². The van der Waals surface area contributed by atoms with E-state index in [1.54, 1.807) is 41.5 Å². The Labute approximate surface area is 208 Å². The molecule has 0 radical (unpaired) electrons. The van der Waals surface area contributed by atoms with Crippen LogP contribution in [0.25, 0.3) is 0 Å². The normalized spacial score (nSPS) is 11.9. The van der Waals surface area contributed by atoms with Crippen molar-refractivity contribution in [2.45, 2.75) is 59.7 Å². The summed E-state index contributed by atoms with van der Waals surface area (Å²) in [6, 6.07) is 0. The van der Waals surface area contributed by atoms with E-state index in [9.17, 15) is 14.4 Å². The number of hydrogen-bond acceptors (Lipinski definition) is 11. The van der Waals surface area contributed by atoms with Crippen LogP contribution in [0.1, 0.15) is 48.5 Å². The fourth-order valence-corrected chi connectivity index (χ4v) is 2.07. The molecule has 206 valence electrons. The molecule has 12 heteroatoms. The second kappa shape index (κ2) is 18.4. The summed E-state index contributed by atoms with van der Waals surface area (Å²) in [5, 5.41) is 0.455. The Morgan fingerprint density at radius 3 is 1.17 bits per heavy atom. The predicted molar refractivity (Wildman–Crippen MR) is 125 cm³/mol. The van der Waals surface area contributed by atoms with Crippen molar-refractivity contribution in [3.63, 3.8) is 0 Å². The van der Waals surface area contributed by atoms with E-state index >= 15 is 0 Å². The Balaban J connectivity index is 3.84. The van der Waals surface area contributed by atoms with Crippen LogP contribution >= 0.6 is 0 Å². The van der Waals surface area contributed by atoms with Gasteiger partial charge in [0.2, 0.25) is 0 Å². The topological polar surface area (TPSA) is 128 Å². The number of imide groups is 1. The zero-order chi connectivity index (χ0) is 26.7. The van der Waals surface area contributed by atoms with Crippen molar-refractivity contribution >= 4 is 18.0 Å². The van der Waals surface area contributed by atoms with Crippen LogP contribution in [0.2, 0.25) is 0 Å². The van der Waals surface area contributed by atoms with Crippen LogP contribution in [0.3, 0.4) is 0 Å². The minimum Gasteiger partial charge on any atom is -0.442 e. The van der Waals surface area contributed by atoms with Gasteiger partial charge in [0.05, 0.1) is 66.1 Å². The van der Waals surface area contributed by atoms with E-state index in [4.69, 9.17) is 38.0 Å². The summed E-state index contributed by atoms with van der Waals surface area (Å²) in [5.74, 6) is -0.0184. The van der Waals surface area contributed by atoms with Crippen molar-refractivity contribution in [3.05, 3.63) is 0 Å². The Morgan fingerprint density at radius 1 is 0.543 bits per heavy atom. The van der Waals surface area contributed by atoms with Gasteiger partial charge in [0.25, 0.3) is 0 Å². The molecule has 0 aliphatic rings. The number of rotatable bonds is 18. The molecule has 0 rings (SSSR count). The van der Waals surface area contributed by atoms with E-state index in [2.05, 4.69) is 0 Å². The van der Waals surface area contributed by atoms with Gasteiger partial charge in [-0.05, 0) is 48.5 Å². The lowest BCUT2D eigenvalue weighted by Gasteiger charge is -2.27. The molecule has 0 aliphatic heterocycles. The maximum Gasteiger partial charge on any atom is 0.444 e. The third-order valence-corrected chi connectivity index (χ3v) is 3.36. The summed E-state index contributed by atoms with van der Waals surface area (Å²) in [6.45, 7) is 14.8. The lowest BCUT2D eigenvalue weighted by molar-refractivity contribution is -0.148. The highest BCUT2D eigenvalue weighted by Gasteiger charge is 2.32. The number of amides is 2. The maximum atomic E-state index is 12.3. The largest absolute Gasteiger partial charge is 0.444 e. The molecular formula is C23H43NO11. The summed E-state index contributed by atoms with van der Waals surface area (Å²) < 4.78 is 36.9. The second-order valence-corrected chi connectivity index (χ2v) is 9.29. The van der Waals surface area contributed by atoms with E-state index in [0.717, 1.165) is 0 Å². The van der Waals surface area contributed by atoms with Gasteiger partial charge >= 0.3 is 12.2 Å². The molecule has 0 aromatic heterocycles. The molecule has 0 fully saturated rings. The van der Waals surface area contributed by atoms with Crippen molar-refractivity contribution in [1.29, 1.82) is 0 Å². The van der Waals surface area contributed by atoms with E-state index < -0.39 is 23.4 Å². The number of ether oxygens (including phenoxy) is 7. The van der Waals surface area contributed by atoms with Crippen molar-refractivity contribution in [1.82, 2.24) is 5.06 Å². The lowest BCUT2D eigenvalue weighted by atomic mass is 10.2. The highest BCUT2D eigenvalue weighted by molar-refractivity contribution is 5.86. The number of carbonyl (C=O) groups is 3. The molecule has 0 atom stereocenters. The molecule has 2 amide bonds. The first-order chi connectivity index (χ1) is 16.3. The van der Waals surface area contributed by atoms with Crippen molar-refractivity contribution in [2.24, 2.45) is 0 Å². The summed E-state index contributed by atoms with van der Waals surface area (Å²) in [7, 11) is 0. The van der Waals surface area contributed by atoms with Crippen molar-refractivity contribution in [2.75, 3.05) is 72.7 Å². The Kier molecular flexibility index (Phi) is 17.5. The van der Waals surface area contributed by atoms with Gasteiger partial charge in [-0.3, -0.25) is 9.63 Å². The average molecular weight is 510 g/mol. The van der Waals surface area contributed by atoms with E-state index in [0.29, 0.717) is 57.9 Å². The smallest absolute Gasteiger partial charge is 0.442 e. The number of hydroxylamine groups is 2. The number of Topliss-reactive ketones (excluding diaryl/α,β-unsaturated/α-hetero) is 1. The average Bonchev–Trinajstić information content (AvgIpc) is 2.69. The molecule has 0 aromatic carbocycles. The van der Waals surface area contributed by atoms with Gasteiger partial charge in [-0.1, -0.05) is 5.06 Å². The quantitative estimate of drug-likeness (QED) is 0.200. The lowest BCUT2D eigenvalue weighted by Crippen LogP contribution is -2.44. The summed E-state index contributed by atoms with van der Waals surface area (Å²) in [4.78, 5) is 40.5. The summed E-state index contributed by atoms with van der Waals surface area (Å²) in [5.41, 5.74) is -1.62. The molecule has 35 heavy (non-hydrogen) atoms. The SMILES string of the molecule is CC(=O)COCCOCCOCCOCCOCCON(C(=O)OC(C)(C)C)C(=O)OC(C)(C)C. The Hall–Kier alpha value is -1.83. The molecule has 0 bridgehead atoms. The number of hydrogen-bond donors (Lipinski definition) is 0. The van der Waals surface area contributed by atoms with Crippen molar-refractivity contribution in [3.8, 4) is 0 Å². The zero-order valence-electron chi connectivity index (χ0n) is 22.2. The Bertz CT molecular complexity index is 571. The Morgan fingerprint density at radius 2 is 0.857 bits per heavy atom. The first-order valence-electron chi connectivity index (χ1n) is 11.6. The van der Waals surface area contributed by atoms with E-state index in [1.807, 2.05) is 0 Å². The van der Waals surface area contributed by atoms with Gasteiger partial charge in [-0.25, -0.2) is 9.59 Å². The molecular weight excluding hydrogens is 466 g/mol. The number of carbonyl (C=O) groups excluding carboxylic acids is 3. The molecule has 0 saturated heterocycles. The first kappa shape index (κ1) is 33.2. The van der Waals surface area contributed by atoms with Crippen LogP contribution in [-0.2, 0) is 42.8 Å². The van der Waals surface area contributed by atoms with Gasteiger partial charge in [-0.2, -0.15) is 0 Å². The van der Waals surface area contributed by atoms with Gasteiger partial charge in [0.1, 0.15) is 17.8 Å². The molecule has 0 aliphatic carbocycles. The fourth-order valence-electron chi connectivity index (χ4n) is 2.07. The van der Waals surface area contributed by atoms with Crippen LogP contribution in [0.15, 0.2) is 0 Å². The summed E-state index contributed by atoms with van der Waals surface area (Å²) >= 11 is 0. The van der Waals surface area contributed by atoms with Crippen LogP contribution in [0.4, 0.5) is 9.59 Å². The maximum absolute atomic E-state index is 12.3.